The van der Waals surface area contributed by atoms with Gasteiger partial charge in [-0.2, -0.15) is 0 Å². The van der Waals surface area contributed by atoms with E-state index in [9.17, 15) is 0 Å². The third-order valence-corrected chi connectivity index (χ3v) is 2.93. The lowest BCUT2D eigenvalue weighted by molar-refractivity contribution is 0.125. The van der Waals surface area contributed by atoms with Crippen molar-refractivity contribution in [2.75, 3.05) is 20.3 Å². The second kappa shape index (κ2) is 8.26. The van der Waals surface area contributed by atoms with E-state index < -0.39 is 0 Å². The van der Waals surface area contributed by atoms with Gasteiger partial charge in [0.05, 0.1) is 0 Å². The smallest absolute Gasteiger partial charge is 0.0480 e. The minimum absolute atomic E-state index is 0.508. The van der Waals surface area contributed by atoms with E-state index in [1.165, 1.54) is 11.1 Å². The molecule has 0 saturated carbocycles. The highest BCUT2D eigenvalue weighted by atomic mass is 16.5. The molecule has 0 aliphatic carbocycles. The Balaban J connectivity index is 2.35. The zero-order chi connectivity index (χ0) is 12.5. The van der Waals surface area contributed by atoms with Gasteiger partial charge in [0.15, 0.2) is 0 Å². The highest BCUT2D eigenvalue weighted by Gasteiger charge is 2.07. The fourth-order valence-corrected chi connectivity index (χ4v) is 1.94. The van der Waals surface area contributed by atoms with Crippen LogP contribution in [0.25, 0.3) is 0 Å². The molecule has 0 radical (unpaired) electrons. The Morgan fingerprint density at radius 1 is 1.29 bits per heavy atom. The summed E-state index contributed by atoms with van der Waals surface area (Å²) in [4.78, 5) is 0. The molecule has 17 heavy (non-hydrogen) atoms. The van der Waals surface area contributed by atoms with Crippen molar-refractivity contribution in [3.8, 4) is 0 Å². The molecule has 2 heteroatoms. The summed E-state index contributed by atoms with van der Waals surface area (Å²) in [5.41, 5.74) is 2.74. The van der Waals surface area contributed by atoms with E-state index in [4.69, 9.17) is 4.74 Å². The summed E-state index contributed by atoms with van der Waals surface area (Å²) in [6.45, 7) is 6.01. The first-order valence-electron chi connectivity index (χ1n) is 6.56. The molecule has 1 aromatic rings. The maximum atomic E-state index is 5.54. The van der Waals surface area contributed by atoms with Crippen molar-refractivity contribution in [3.63, 3.8) is 0 Å². The van der Waals surface area contributed by atoms with E-state index in [2.05, 4.69) is 43.4 Å². The molecule has 0 aliphatic rings. The molecule has 0 aliphatic heterocycles. The molecule has 1 N–H and O–H groups in total. The summed E-state index contributed by atoms with van der Waals surface area (Å²) in [6, 6.07) is 9.24. The second-order valence-electron chi connectivity index (χ2n) is 4.58. The van der Waals surface area contributed by atoms with Crippen molar-refractivity contribution < 1.29 is 4.74 Å². The molecule has 1 aromatic carbocycles. The van der Waals surface area contributed by atoms with Gasteiger partial charge in [0.25, 0.3) is 0 Å². The minimum atomic E-state index is 0.508. The number of ether oxygens (including phenoxy) is 1. The molecule has 96 valence electrons. The largest absolute Gasteiger partial charge is 0.381 e. The molecule has 0 heterocycles. The molecule has 0 amide bonds. The molecule has 0 fully saturated rings. The van der Waals surface area contributed by atoms with Gasteiger partial charge >= 0.3 is 0 Å². The van der Waals surface area contributed by atoms with E-state index in [-0.39, 0.29) is 0 Å². The Bertz CT molecular complexity index is 312. The van der Waals surface area contributed by atoms with Crippen LogP contribution in [0.4, 0.5) is 0 Å². The lowest BCUT2D eigenvalue weighted by Gasteiger charge is -2.16. The van der Waals surface area contributed by atoms with Gasteiger partial charge in [0.1, 0.15) is 0 Å². The first-order valence-corrected chi connectivity index (χ1v) is 6.56. The van der Waals surface area contributed by atoms with E-state index in [1.54, 1.807) is 0 Å². The van der Waals surface area contributed by atoms with Gasteiger partial charge in [-0.1, -0.05) is 36.8 Å². The van der Waals surface area contributed by atoms with Crippen LogP contribution in [-0.2, 0) is 11.2 Å². The van der Waals surface area contributed by atoms with Crippen molar-refractivity contribution in [2.24, 2.45) is 0 Å². The summed E-state index contributed by atoms with van der Waals surface area (Å²) in [5, 5.41) is 3.37. The monoisotopic (exact) mass is 235 g/mol. The predicted molar refractivity (Wildman–Crippen MR) is 73.5 cm³/mol. The average molecular weight is 235 g/mol. The van der Waals surface area contributed by atoms with E-state index in [1.807, 2.05) is 7.05 Å². The van der Waals surface area contributed by atoms with Gasteiger partial charge in [0, 0.05) is 19.3 Å². The van der Waals surface area contributed by atoms with Crippen LogP contribution in [0.15, 0.2) is 24.3 Å². The molecular weight excluding hydrogens is 210 g/mol. The maximum absolute atomic E-state index is 5.54. The van der Waals surface area contributed by atoms with Crippen molar-refractivity contribution in [1.82, 2.24) is 5.32 Å². The molecule has 0 bridgehead atoms. The standard InChI is InChI=1S/C15H25NO/c1-4-9-17-10-8-15(16-3)12-14-7-5-6-13(2)11-14/h5-7,11,15-16H,4,8-10,12H2,1-3H3. The van der Waals surface area contributed by atoms with Crippen LogP contribution >= 0.6 is 0 Å². The Morgan fingerprint density at radius 2 is 2.12 bits per heavy atom. The zero-order valence-corrected chi connectivity index (χ0v) is 11.3. The maximum Gasteiger partial charge on any atom is 0.0480 e. The molecule has 1 rings (SSSR count). The molecular formula is C15H25NO. The number of hydrogen-bond donors (Lipinski definition) is 1. The number of benzene rings is 1. The Hall–Kier alpha value is -0.860. The predicted octanol–water partition coefficient (Wildman–Crippen LogP) is 2.94. The lowest BCUT2D eigenvalue weighted by atomic mass is 10.0. The van der Waals surface area contributed by atoms with Crippen LogP contribution < -0.4 is 5.32 Å². The highest BCUT2D eigenvalue weighted by molar-refractivity contribution is 5.22. The summed E-state index contributed by atoms with van der Waals surface area (Å²) in [6.07, 6.45) is 3.25. The van der Waals surface area contributed by atoms with Crippen molar-refractivity contribution >= 4 is 0 Å². The molecule has 2 nitrogen and oxygen atoms in total. The van der Waals surface area contributed by atoms with E-state index in [0.717, 1.165) is 32.5 Å². The van der Waals surface area contributed by atoms with Crippen LogP contribution in [0.5, 0.6) is 0 Å². The fourth-order valence-electron chi connectivity index (χ4n) is 1.94. The Labute approximate surface area is 105 Å². The second-order valence-corrected chi connectivity index (χ2v) is 4.58. The summed E-state index contributed by atoms with van der Waals surface area (Å²) < 4.78 is 5.54. The first-order chi connectivity index (χ1) is 8.26. The van der Waals surface area contributed by atoms with Crippen molar-refractivity contribution in [1.29, 1.82) is 0 Å². The third kappa shape index (κ3) is 5.85. The SMILES string of the molecule is CCCOCCC(Cc1cccc(C)c1)NC. The van der Waals surface area contributed by atoms with Gasteiger partial charge in [-0.05, 0) is 38.8 Å². The summed E-state index contributed by atoms with van der Waals surface area (Å²) >= 11 is 0. The van der Waals surface area contributed by atoms with Gasteiger partial charge in [0.2, 0.25) is 0 Å². The van der Waals surface area contributed by atoms with Crippen LogP contribution in [0.1, 0.15) is 30.9 Å². The third-order valence-electron chi connectivity index (χ3n) is 2.93. The van der Waals surface area contributed by atoms with Gasteiger partial charge < -0.3 is 10.1 Å². The number of likely N-dealkylation sites (N-methyl/N-ethyl adjacent to an activating group) is 1. The number of hydrogen-bond acceptors (Lipinski definition) is 2. The number of nitrogens with one attached hydrogen (secondary N) is 1. The van der Waals surface area contributed by atoms with Gasteiger partial charge in [-0.3, -0.25) is 0 Å². The van der Waals surface area contributed by atoms with Crippen molar-refractivity contribution in [3.05, 3.63) is 35.4 Å². The van der Waals surface area contributed by atoms with E-state index in [0.29, 0.717) is 6.04 Å². The van der Waals surface area contributed by atoms with Crippen LogP contribution in [0.2, 0.25) is 0 Å². The van der Waals surface area contributed by atoms with Gasteiger partial charge in [-0.15, -0.1) is 0 Å². The average Bonchev–Trinajstić information content (AvgIpc) is 2.33. The number of aryl methyl sites for hydroxylation is 1. The molecule has 0 spiro atoms. The molecule has 1 atom stereocenters. The molecule has 1 unspecified atom stereocenters. The molecule has 0 aromatic heterocycles. The van der Waals surface area contributed by atoms with Crippen LogP contribution in [0.3, 0.4) is 0 Å². The quantitative estimate of drug-likeness (QED) is 0.700. The molecule has 0 saturated heterocycles. The van der Waals surface area contributed by atoms with Gasteiger partial charge in [-0.25, -0.2) is 0 Å². The minimum Gasteiger partial charge on any atom is -0.381 e. The zero-order valence-electron chi connectivity index (χ0n) is 11.3. The summed E-state index contributed by atoms with van der Waals surface area (Å²) in [7, 11) is 2.03. The fraction of sp³-hybridized carbons (Fsp3) is 0.600. The first kappa shape index (κ1) is 14.2. The van der Waals surface area contributed by atoms with Crippen LogP contribution in [0, 0.1) is 6.92 Å². The van der Waals surface area contributed by atoms with Crippen LogP contribution in [-0.4, -0.2) is 26.3 Å². The van der Waals surface area contributed by atoms with E-state index >= 15 is 0 Å². The summed E-state index contributed by atoms with van der Waals surface area (Å²) in [5.74, 6) is 0. The topological polar surface area (TPSA) is 21.3 Å². The Morgan fingerprint density at radius 3 is 2.76 bits per heavy atom. The lowest BCUT2D eigenvalue weighted by Crippen LogP contribution is -2.29. The van der Waals surface area contributed by atoms with Crippen molar-refractivity contribution in [2.45, 2.75) is 39.2 Å². The number of rotatable bonds is 8. The highest BCUT2D eigenvalue weighted by Crippen LogP contribution is 2.08. The normalized spacial score (nSPS) is 12.6. The Kier molecular flexibility index (Phi) is 6.90.